The standard InChI is InChI=1S/C21H25ClN2O5S/c1-4-23(5-2)30(27,28)19-14-16(12-13-18(19)22)21(26)29-15-20(25)24(6-3)17-10-8-7-9-11-17/h7-14H,4-6,15H2,1-3H3. The number of benzene rings is 2. The van der Waals surface area contributed by atoms with Crippen molar-refractivity contribution in [3.05, 3.63) is 59.1 Å². The van der Waals surface area contributed by atoms with Crippen LogP contribution in [-0.4, -0.2) is 50.8 Å². The van der Waals surface area contributed by atoms with Crippen LogP contribution in [0, 0.1) is 0 Å². The number of hydrogen-bond acceptors (Lipinski definition) is 5. The summed E-state index contributed by atoms with van der Waals surface area (Å²) in [6.45, 7) is 5.72. The lowest BCUT2D eigenvalue weighted by Crippen LogP contribution is -2.34. The van der Waals surface area contributed by atoms with E-state index in [-0.39, 0.29) is 34.5 Å². The third-order valence-corrected chi connectivity index (χ3v) is 7.03. The Balaban J connectivity index is 2.17. The van der Waals surface area contributed by atoms with Crippen LogP contribution in [0.25, 0.3) is 0 Å². The summed E-state index contributed by atoms with van der Waals surface area (Å²) in [6.07, 6.45) is 0. The van der Waals surface area contributed by atoms with E-state index < -0.39 is 22.6 Å². The lowest BCUT2D eigenvalue weighted by molar-refractivity contribution is -0.121. The van der Waals surface area contributed by atoms with Gasteiger partial charge in [-0.05, 0) is 37.3 Å². The number of halogens is 1. The van der Waals surface area contributed by atoms with Crippen LogP contribution in [0.1, 0.15) is 31.1 Å². The lowest BCUT2D eigenvalue weighted by Gasteiger charge is -2.21. The van der Waals surface area contributed by atoms with Gasteiger partial charge in [-0.2, -0.15) is 4.31 Å². The van der Waals surface area contributed by atoms with E-state index in [1.807, 2.05) is 25.1 Å². The second kappa shape index (κ2) is 10.6. The molecule has 0 radical (unpaired) electrons. The predicted molar refractivity (Wildman–Crippen MR) is 116 cm³/mol. The zero-order valence-electron chi connectivity index (χ0n) is 17.2. The highest BCUT2D eigenvalue weighted by molar-refractivity contribution is 7.89. The first-order valence-corrected chi connectivity index (χ1v) is 11.4. The van der Waals surface area contributed by atoms with Crippen molar-refractivity contribution >= 4 is 39.2 Å². The van der Waals surface area contributed by atoms with Crippen LogP contribution in [0.4, 0.5) is 5.69 Å². The molecule has 0 aliphatic carbocycles. The molecule has 1 amide bonds. The highest BCUT2D eigenvalue weighted by Crippen LogP contribution is 2.26. The summed E-state index contributed by atoms with van der Waals surface area (Å²) in [7, 11) is -3.85. The summed E-state index contributed by atoms with van der Waals surface area (Å²) < 4.78 is 31.9. The van der Waals surface area contributed by atoms with Gasteiger partial charge in [-0.3, -0.25) is 4.79 Å². The monoisotopic (exact) mass is 452 g/mol. The third-order valence-electron chi connectivity index (χ3n) is 4.50. The molecule has 0 bridgehead atoms. The Kier molecular flexibility index (Phi) is 8.40. The number of sulfonamides is 1. The molecule has 162 valence electrons. The second-order valence-corrected chi connectivity index (χ2v) is 8.60. The first-order chi connectivity index (χ1) is 14.3. The number of carbonyl (C=O) groups is 2. The number of anilines is 1. The fourth-order valence-electron chi connectivity index (χ4n) is 2.93. The highest BCUT2D eigenvalue weighted by Gasteiger charge is 2.26. The number of carbonyl (C=O) groups excluding carboxylic acids is 2. The number of nitrogens with zero attached hydrogens (tertiary/aromatic N) is 2. The third kappa shape index (κ3) is 5.38. The Morgan fingerprint density at radius 1 is 0.967 bits per heavy atom. The quantitative estimate of drug-likeness (QED) is 0.543. The molecular weight excluding hydrogens is 428 g/mol. The number of hydrogen-bond donors (Lipinski definition) is 0. The first-order valence-electron chi connectivity index (χ1n) is 9.58. The Bertz CT molecular complexity index is 992. The molecule has 0 heterocycles. The number of ether oxygens (including phenoxy) is 1. The molecule has 0 aliphatic heterocycles. The maximum atomic E-state index is 12.8. The Labute approximate surface area is 182 Å². The minimum absolute atomic E-state index is 0.000640. The van der Waals surface area contributed by atoms with E-state index >= 15 is 0 Å². The van der Waals surface area contributed by atoms with Gasteiger partial charge in [0, 0.05) is 25.3 Å². The largest absolute Gasteiger partial charge is 0.452 e. The van der Waals surface area contributed by atoms with E-state index in [9.17, 15) is 18.0 Å². The maximum absolute atomic E-state index is 12.8. The van der Waals surface area contributed by atoms with Gasteiger partial charge in [-0.15, -0.1) is 0 Å². The molecule has 0 saturated heterocycles. The molecular formula is C21H25ClN2O5S. The van der Waals surface area contributed by atoms with Crippen molar-refractivity contribution in [1.82, 2.24) is 4.31 Å². The normalized spacial score (nSPS) is 11.4. The molecule has 0 saturated carbocycles. The summed E-state index contributed by atoms with van der Waals surface area (Å²) in [6, 6.07) is 12.9. The minimum Gasteiger partial charge on any atom is -0.452 e. The molecule has 7 nitrogen and oxygen atoms in total. The van der Waals surface area contributed by atoms with Crippen molar-refractivity contribution in [2.24, 2.45) is 0 Å². The second-order valence-electron chi connectivity index (χ2n) is 6.28. The highest BCUT2D eigenvalue weighted by atomic mass is 35.5. The number of amides is 1. The number of rotatable bonds is 9. The smallest absolute Gasteiger partial charge is 0.338 e. The molecule has 30 heavy (non-hydrogen) atoms. The van der Waals surface area contributed by atoms with E-state index in [1.165, 1.54) is 27.4 Å². The van der Waals surface area contributed by atoms with Crippen LogP contribution in [0.5, 0.6) is 0 Å². The minimum atomic E-state index is -3.85. The van der Waals surface area contributed by atoms with Gasteiger partial charge < -0.3 is 9.64 Å². The lowest BCUT2D eigenvalue weighted by atomic mass is 10.2. The van der Waals surface area contributed by atoms with Crippen molar-refractivity contribution in [1.29, 1.82) is 0 Å². The van der Waals surface area contributed by atoms with Crippen LogP contribution in [-0.2, 0) is 19.6 Å². The predicted octanol–water partition coefficient (Wildman–Crippen LogP) is 3.58. The van der Waals surface area contributed by atoms with Crippen LogP contribution < -0.4 is 4.90 Å². The maximum Gasteiger partial charge on any atom is 0.338 e. The van der Waals surface area contributed by atoms with Crippen LogP contribution in [0.3, 0.4) is 0 Å². The van der Waals surface area contributed by atoms with Gasteiger partial charge in [0.15, 0.2) is 6.61 Å². The van der Waals surface area contributed by atoms with Crippen LogP contribution >= 0.6 is 11.6 Å². The summed E-state index contributed by atoms with van der Waals surface area (Å²) in [5.41, 5.74) is 0.695. The zero-order chi connectivity index (χ0) is 22.3. The number of esters is 1. The Morgan fingerprint density at radius 2 is 1.60 bits per heavy atom. The zero-order valence-corrected chi connectivity index (χ0v) is 18.7. The molecule has 9 heteroatoms. The van der Waals surface area contributed by atoms with Gasteiger partial charge in [0.1, 0.15) is 4.90 Å². The van der Waals surface area contributed by atoms with Gasteiger partial charge in [0.25, 0.3) is 5.91 Å². The number of para-hydroxylation sites is 1. The fraction of sp³-hybridized carbons (Fsp3) is 0.333. The van der Waals surface area contributed by atoms with Crippen LogP contribution in [0.2, 0.25) is 5.02 Å². The molecule has 0 fully saturated rings. The summed E-state index contributed by atoms with van der Waals surface area (Å²) >= 11 is 6.08. The Morgan fingerprint density at radius 3 is 2.17 bits per heavy atom. The van der Waals surface area contributed by atoms with Gasteiger partial charge in [-0.1, -0.05) is 43.6 Å². The van der Waals surface area contributed by atoms with Crippen molar-refractivity contribution in [2.75, 3.05) is 31.1 Å². The van der Waals surface area contributed by atoms with Gasteiger partial charge in [0.05, 0.1) is 10.6 Å². The molecule has 0 aromatic heterocycles. The number of likely N-dealkylation sites (N-methyl/N-ethyl adjacent to an activating group) is 1. The first kappa shape index (κ1) is 23.9. The molecule has 0 unspecified atom stereocenters. The summed E-state index contributed by atoms with van der Waals surface area (Å²) in [5, 5.41) is 0.00996. The van der Waals surface area contributed by atoms with Crippen molar-refractivity contribution in [2.45, 2.75) is 25.7 Å². The molecule has 0 atom stereocenters. The van der Waals surface area contributed by atoms with E-state index in [0.717, 1.165) is 0 Å². The van der Waals surface area contributed by atoms with Gasteiger partial charge in [-0.25, -0.2) is 13.2 Å². The molecule has 0 spiro atoms. The van der Waals surface area contributed by atoms with E-state index in [2.05, 4.69) is 0 Å². The molecule has 0 aliphatic rings. The van der Waals surface area contributed by atoms with E-state index in [0.29, 0.717) is 12.2 Å². The molecule has 2 aromatic rings. The van der Waals surface area contributed by atoms with Crippen molar-refractivity contribution in [3.8, 4) is 0 Å². The molecule has 2 aromatic carbocycles. The van der Waals surface area contributed by atoms with E-state index in [4.69, 9.17) is 16.3 Å². The van der Waals surface area contributed by atoms with Crippen LogP contribution in [0.15, 0.2) is 53.4 Å². The topological polar surface area (TPSA) is 84.0 Å². The van der Waals surface area contributed by atoms with Gasteiger partial charge >= 0.3 is 5.97 Å². The molecule has 2 rings (SSSR count). The average molecular weight is 453 g/mol. The summed E-state index contributed by atoms with van der Waals surface area (Å²) in [5.74, 6) is -1.19. The Hall–Kier alpha value is -2.42. The fourth-order valence-corrected chi connectivity index (χ4v) is 4.89. The van der Waals surface area contributed by atoms with Gasteiger partial charge in [0.2, 0.25) is 10.0 Å². The van der Waals surface area contributed by atoms with Crippen molar-refractivity contribution in [3.63, 3.8) is 0 Å². The average Bonchev–Trinajstić information content (AvgIpc) is 2.74. The van der Waals surface area contributed by atoms with Crippen molar-refractivity contribution < 1.29 is 22.7 Å². The summed E-state index contributed by atoms with van der Waals surface area (Å²) in [4.78, 5) is 26.3. The molecule has 0 N–H and O–H groups in total. The van der Waals surface area contributed by atoms with E-state index in [1.54, 1.807) is 26.0 Å². The SMILES string of the molecule is CCN(C(=O)COC(=O)c1ccc(Cl)c(S(=O)(=O)N(CC)CC)c1)c1ccccc1.